The van der Waals surface area contributed by atoms with Gasteiger partial charge in [-0.15, -0.1) is 4.40 Å². The molecule has 0 radical (unpaired) electrons. The molecule has 0 bridgehead atoms. The SMILES string of the molecule is CC(C)(C)c1ccc(C2C(C)(C)OC(C[C@@H](CCO)c3ccccc3)=NS2(=O)=O)cc1. The van der Waals surface area contributed by atoms with E-state index >= 15 is 0 Å². The molecule has 0 aliphatic carbocycles. The van der Waals surface area contributed by atoms with Crippen LogP contribution < -0.4 is 0 Å². The van der Waals surface area contributed by atoms with Crippen LogP contribution in [0.2, 0.25) is 0 Å². The molecule has 5 nitrogen and oxygen atoms in total. The normalized spacial score (nSPS) is 21.1. The van der Waals surface area contributed by atoms with E-state index in [2.05, 4.69) is 25.2 Å². The van der Waals surface area contributed by atoms with E-state index in [0.717, 1.165) is 11.1 Å². The third-order valence-corrected chi connectivity index (χ3v) is 7.68. The molecule has 168 valence electrons. The fraction of sp³-hybridized carbons (Fsp3) is 0.480. The molecule has 1 unspecified atom stereocenters. The summed E-state index contributed by atoms with van der Waals surface area (Å²) in [4.78, 5) is 0. The molecule has 0 amide bonds. The van der Waals surface area contributed by atoms with E-state index in [0.29, 0.717) is 18.4 Å². The Bertz CT molecular complexity index is 1020. The van der Waals surface area contributed by atoms with Crippen molar-refractivity contribution >= 4 is 15.9 Å². The lowest BCUT2D eigenvalue weighted by Crippen LogP contribution is -2.43. The van der Waals surface area contributed by atoms with Gasteiger partial charge in [0.1, 0.15) is 10.9 Å². The largest absolute Gasteiger partial charge is 0.472 e. The molecule has 31 heavy (non-hydrogen) atoms. The van der Waals surface area contributed by atoms with E-state index < -0.39 is 20.9 Å². The molecule has 0 spiro atoms. The Balaban J connectivity index is 1.92. The average molecular weight is 444 g/mol. The van der Waals surface area contributed by atoms with E-state index in [1.54, 1.807) is 13.8 Å². The summed E-state index contributed by atoms with van der Waals surface area (Å²) < 4.78 is 36.7. The van der Waals surface area contributed by atoms with Crippen molar-refractivity contribution in [1.29, 1.82) is 0 Å². The Hall–Kier alpha value is -2.18. The zero-order valence-corrected chi connectivity index (χ0v) is 19.8. The van der Waals surface area contributed by atoms with Crippen molar-refractivity contribution in [2.24, 2.45) is 4.40 Å². The summed E-state index contributed by atoms with van der Waals surface area (Å²) in [5.41, 5.74) is 1.86. The number of rotatable bonds is 6. The molecule has 1 N–H and O–H groups in total. The van der Waals surface area contributed by atoms with Crippen molar-refractivity contribution in [3.05, 3.63) is 71.3 Å². The van der Waals surface area contributed by atoms with Gasteiger partial charge in [0, 0.05) is 13.0 Å². The topological polar surface area (TPSA) is 76.0 Å². The maximum atomic E-state index is 13.2. The van der Waals surface area contributed by atoms with Gasteiger partial charge in [-0.05, 0) is 48.3 Å². The lowest BCUT2D eigenvalue weighted by atomic mass is 9.85. The minimum atomic E-state index is -3.82. The van der Waals surface area contributed by atoms with Gasteiger partial charge in [0.2, 0.25) is 5.90 Å². The summed E-state index contributed by atoms with van der Waals surface area (Å²) in [6.45, 7) is 9.97. The highest BCUT2D eigenvalue weighted by Gasteiger charge is 2.47. The summed E-state index contributed by atoms with van der Waals surface area (Å²) in [5, 5.41) is 8.62. The fourth-order valence-electron chi connectivity index (χ4n) is 4.22. The van der Waals surface area contributed by atoms with Gasteiger partial charge in [-0.3, -0.25) is 0 Å². The number of aliphatic hydroxyl groups excluding tert-OH is 1. The van der Waals surface area contributed by atoms with Crippen LogP contribution in [0.4, 0.5) is 0 Å². The molecule has 2 aromatic rings. The second-order valence-corrected chi connectivity index (χ2v) is 11.5. The van der Waals surface area contributed by atoms with Crippen LogP contribution in [0.3, 0.4) is 0 Å². The Kier molecular flexibility index (Phi) is 6.63. The number of nitrogens with zero attached hydrogens (tertiary/aromatic N) is 1. The monoisotopic (exact) mass is 443 g/mol. The van der Waals surface area contributed by atoms with Gasteiger partial charge in [0.15, 0.2) is 0 Å². The van der Waals surface area contributed by atoms with Crippen LogP contribution in [0.15, 0.2) is 59.0 Å². The second-order valence-electron chi connectivity index (χ2n) is 9.78. The summed E-state index contributed by atoms with van der Waals surface area (Å²) in [7, 11) is -3.82. The highest BCUT2D eigenvalue weighted by atomic mass is 32.2. The third kappa shape index (κ3) is 5.36. The Morgan fingerprint density at radius 2 is 1.68 bits per heavy atom. The summed E-state index contributed by atoms with van der Waals surface area (Å²) in [6.07, 6.45) is 0.827. The predicted molar refractivity (Wildman–Crippen MR) is 125 cm³/mol. The van der Waals surface area contributed by atoms with Gasteiger partial charge in [-0.1, -0.05) is 75.4 Å². The van der Waals surface area contributed by atoms with Crippen LogP contribution in [-0.4, -0.2) is 31.6 Å². The molecule has 2 aromatic carbocycles. The molecule has 3 rings (SSSR count). The van der Waals surface area contributed by atoms with Crippen LogP contribution in [0.5, 0.6) is 0 Å². The van der Waals surface area contributed by atoms with Gasteiger partial charge in [-0.25, -0.2) is 8.42 Å². The lowest BCUT2D eigenvalue weighted by molar-refractivity contribution is 0.0797. The number of benzene rings is 2. The Labute approximate surface area is 186 Å². The fourth-order valence-corrected chi connectivity index (χ4v) is 5.99. The zero-order valence-electron chi connectivity index (χ0n) is 19.0. The first-order valence-electron chi connectivity index (χ1n) is 10.7. The van der Waals surface area contributed by atoms with Crippen LogP contribution in [0.1, 0.15) is 75.3 Å². The quantitative estimate of drug-likeness (QED) is 0.672. The van der Waals surface area contributed by atoms with Crippen molar-refractivity contribution in [3.8, 4) is 0 Å². The number of ether oxygens (including phenoxy) is 1. The number of aliphatic hydroxyl groups is 1. The smallest absolute Gasteiger partial charge is 0.267 e. The van der Waals surface area contributed by atoms with E-state index in [9.17, 15) is 13.5 Å². The van der Waals surface area contributed by atoms with Crippen molar-refractivity contribution in [3.63, 3.8) is 0 Å². The first-order chi connectivity index (χ1) is 14.4. The minimum Gasteiger partial charge on any atom is -0.472 e. The lowest BCUT2D eigenvalue weighted by Gasteiger charge is -2.38. The average Bonchev–Trinajstić information content (AvgIpc) is 2.66. The molecule has 1 heterocycles. The van der Waals surface area contributed by atoms with E-state index in [1.807, 2.05) is 54.6 Å². The molecule has 2 atom stereocenters. The molecule has 0 fully saturated rings. The van der Waals surface area contributed by atoms with Crippen molar-refractivity contribution in [2.45, 2.75) is 69.6 Å². The molecule has 6 heteroatoms. The number of hydrogen-bond acceptors (Lipinski definition) is 4. The van der Waals surface area contributed by atoms with Crippen LogP contribution in [-0.2, 0) is 20.2 Å². The molecule has 0 saturated carbocycles. The van der Waals surface area contributed by atoms with Crippen LogP contribution in [0, 0.1) is 0 Å². The highest BCUT2D eigenvalue weighted by Crippen LogP contribution is 2.42. The van der Waals surface area contributed by atoms with Crippen LogP contribution >= 0.6 is 0 Å². The zero-order chi connectivity index (χ0) is 22.9. The molecule has 0 saturated heterocycles. The summed E-state index contributed by atoms with van der Waals surface area (Å²) >= 11 is 0. The Morgan fingerprint density at radius 1 is 1.06 bits per heavy atom. The molecule has 1 aliphatic heterocycles. The molecular formula is C25H33NO4S. The third-order valence-electron chi connectivity index (χ3n) is 5.79. The van der Waals surface area contributed by atoms with Gasteiger partial charge in [0.25, 0.3) is 10.0 Å². The van der Waals surface area contributed by atoms with Crippen molar-refractivity contribution in [2.75, 3.05) is 6.61 Å². The summed E-state index contributed by atoms with van der Waals surface area (Å²) in [6, 6.07) is 17.4. The van der Waals surface area contributed by atoms with Crippen LogP contribution in [0.25, 0.3) is 0 Å². The van der Waals surface area contributed by atoms with Gasteiger partial charge >= 0.3 is 0 Å². The highest BCUT2D eigenvalue weighted by molar-refractivity contribution is 7.90. The maximum absolute atomic E-state index is 13.2. The molecule has 1 aliphatic rings. The van der Waals surface area contributed by atoms with E-state index in [4.69, 9.17) is 4.74 Å². The number of sulfonamides is 1. The van der Waals surface area contributed by atoms with Crippen molar-refractivity contribution < 1.29 is 18.3 Å². The number of hydrogen-bond donors (Lipinski definition) is 1. The standard InChI is InChI=1S/C25H33NO4S/c1-24(2,3)21-13-11-19(12-14-21)23-25(4,5)30-22(26-31(23,28)29)17-20(15-16-27)18-9-7-6-8-10-18/h6-14,20,23,27H,15-17H2,1-5H3/t20-,23?/m1/s1. The molecular weight excluding hydrogens is 410 g/mol. The maximum Gasteiger partial charge on any atom is 0.267 e. The van der Waals surface area contributed by atoms with E-state index in [1.165, 1.54) is 0 Å². The second kappa shape index (κ2) is 8.75. The first kappa shape index (κ1) is 23.5. The predicted octanol–water partition coefficient (Wildman–Crippen LogP) is 5.12. The molecule has 0 aromatic heterocycles. The summed E-state index contributed by atoms with van der Waals surface area (Å²) in [5.74, 6) is 0.133. The first-order valence-corrected chi connectivity index (χ1v) is 12.2. The van der Waals surface area contributed by atoms with Gasteiger partial charge in [0.05, 0.1) is 0 Å². The van der Waals surface area contributed by atoms with E-state index in [-0.39, 0.29) is 23.8 Å². The minimum absolute atomic E-state index is 0.00569. The van der Waals surface area contributed by atoms with Gasteiger partial charge in [-0.2, -0.15) is 0 Å². The Morgan fingerprint density at radius 3 is 2.19 bits per heavy atom. The van der Waals surface area contributed by atoms with Crippen molar-refractivity contribution in [1.82, 2.24) is 0 Å². The van der Waals surface area contributed by atoms with Gasteiger partial charge < -0.3 is 9.84 Å².